The van der Waals surface area contributed by atoms with Gasteiger partial charge in [-0.25, -0.2) is 9.48 Å². The molecule has 8 heteroatoms. The number of carboxylic acid groups (broad SMARTS) is 1. The van der Waals surface area contributed by atoms with Gasteiger partial charge in [0.25, 0.3) is 0 Å². The van der Waals surface area contributed by atoms with E-state index in [0.29, 0.717) is 5.69 Å². The first-order valence-corrected chi connectivity index (χ1v) is 5.55. The van der Waals surface area contributed by atoms with E-state index in [2.05, 4.69) is 15.6 Å². The summed E-state index contributed by atoms with van der Waals surface area (Å²) in [5.74, 6) is -1.68. The Morgan fingerprint density at radius 1 is 1.56 bits per heavy atom. The summed E-state index contributed by atoms with van der Waals surface area (Å²) in [6.07, 6.45) is 1.55. The van der Waals surface area contributed by atoms with Crippen molar-refractivity contribution in [2.75, 3.05) is 0 Å². The summed E-state index contributed by atoms with van der Waals surface area (Å²) in [7, 11) is 0. The van der Waals surface area contributed by atoms with E-state index in [9.17, 15) is 9.59 Å². The minimum absolute atomic E-state index is 0.0799. The van der Waals surface area contributed by atoms with Gasteiger partial charge in [0.15, 0.2) is 0 Å². The maximum atomic E-state index is 11.6. The quantitative estimate of drug-likeness (QED) is 0.596. The molecule has 0 spiro atoms. The zero-order valence-corrected chi connectivity index (χ0v) is 10.3. The van der Waals surface area contributed by atoms with E-state index in [-0.39, 0.29) is 19.0 Å². The van der Waals surface area contributed by atoms with Crippen LogP contribution < -0.4 is 11.1 Å². The molecule has 1 aromatic heterocycles. The zero-order valence-electron chi connectivity index (χ0n) is 10.3. The number of nitrogens with two attached hydrogens (primary N) is 1. The molecule has 0 radical (unpaired) electrons. The van der Waals surface area contributed by atoms with Crippen LogP contribution in [0, 0.1) is 5.92 Å². The molecule has 100 valence electrons. The number of carbonyl (C=O) groups excluding carboxylic acids is 1. The van der Waals surface area contributed by atoms with Crippen LogP contribution in [0.3, 0.4) is 0 Å². The highest BCUT2D eigenvalue weighted by Crippen LogP contribution is 2.01. The molecule has 18 heavy (non-hydrogen) atoms. The zero-order chi connectivity index (χ0) is 13.7. The van der Waals surface area contributed by atoms with E-state index in [1.165, 1.54) is 4.68 Å². The van der Waals surface area contributed by atoms with Gasteiger partial charge in [0.2, 0.25) is 5.91 Å². The minimum Gasteiger partial charge on any atom is -0.480 e. The van der Waals surface area contributed by atoms with Crippen molar-refractivity contribution in [1.29, 1.82) is 0 Å². The molecule has 0 aliphatic heterocycles. The number of carbonyl (C=O) groups is 2. The highest BCUT2D eigenvalue weighted by atomic mass is 16.4. The molecule has 1 atom stereocenters. The van der Waals surface area contributed by atoms with Gasteiger partial charge in [-0.3, -0.25) is 4.79 Å². The lowest BCUT2D eigenvalue weighted by atomic mass is 10.1. The second-order valence-electron chi connectivity index (χ2n) is 4.24. The molecule has 1 unspecified atom stereocenters. The topological polar surface area (TPSA) is 123 Å². The van der Waals surface area contributed by atoms with E-state index in [1.807, 2.05) is 0 Å². The van der Waals surface area contributed by atoms with Crippen molar-refractivity contribution in [3.05, 3.63) is 11.9 Å². The Kier molecular flexibility index (Phi) is 4.78. The third kappa shape index (κ3) is 3.81. The molecule has 0 saturated heterocycles. The van der Waals surface area contributed by atoms with Gasteiger partial charge in [0, 0.05) is 6.54 Å². The molecular weight excluding hydrogens is 238 g/mol. The largest absolute Gasteiger partial charge is 0.480 e. The molecule has 4 N–H and O–H groups in total. The lowest BCUT2D eigenvalue weighted by Crippen LogP contribution is -2.45. The number of nitrogens with one attached hydrogen (secondary N) is 1. The van der Waals surface area contributed by atoms with Crippen molar-refractivity contribution in [2.24, 2.45) is 11.7 Å². The van der Waals surface area contributed by atoms with Crippen LogP contribution in [0.5, 0.6) is 0 Å². The molecule has 0 bridgehead atoms. The van der Waals surface area contributed by atoms with Gasteiger partial charge in [-0.2, -0.15) is 0 Å². The molecule has 0 aromatic carbocycles. The van der Waals surface area contributed by atoms with Crippen LogP contribution in [0.4, 0.5) is 0 Å². The van der Waals surface area contributed by atoms with Gasteiger partial charge >= 0.3 is 5.97 Å². The van der Waals surface area contributed by atoms with Gasteiger partial charge in [0.1, 0.15) is 12.6 Å². The van der Waals surface area contributed by atoms with Crippen LogP contribution in [-0.2, 0) is 22.7 Å². The summed E-state index contributed by atoms with van der Waals surface area (Å²) in [4.78, 5) is 22.5. The lowest BCUT2D eigenvalue weighted by Gasteiger charge is -2.17. The molecule has 1 heterocycles. The van der Waals surface area contributed by atoms with Crippen LogP contribution >= 0.6 is 0 Å². The average Bonchev–Trinajstić information content (AvgIpc) is 2.72. The summed E-state index contributed by atoms with van der Waals surface area (Å²) in [6, 6.07) is -0.907. The van der Waals surface area contributed by atoms with E-state index in [0.717, 1.165) is 0 Å². The van der Waals surface area contributed by atoms with Crippen molar-refractivity contribution < 1.29 is 14.7 Å². The van der Waals surface area contributed by atoms with Crippen molar-refractivity contribution in [1.82, 2.24) is 20.3 Å². The SMILES string of the molecule is CC(C)C(NC(=O)Cn1cc(CN)nn1)C(=O)O. The average molecular weight is 255 g/mol. The lowest BCUT2D eigenvalue weighted by molar-refractivity contribution is -0.143. The van der Waals surface area contributed by atoms with Gasteiger partial charge in [-0.1, -0.05) is 19.1 Å². The van der Waals surface area contributed by atoms with Gasteiger partial charge < -0.3 is 16.2 Å². The van der Waals surface area contributed by atoms with Crippen molar-refractivity contribution >= 4 is 11.9 Å². The monoisotopic (exact) mass is 255 g/mol. The predicted octanol–water partition coefficient (Wildman–Crippen LogP) is -1.04. The number of nitrogens with zero attached hydrogens (tertiary/aromatic N) is 3. The van der Waals surface area contributed by atoms with Crippen LogP contribution in [0.2, 0.25) is 0 Å². The van der Waals surface area contributed by atoms with E-state index in [4.69, 9.17) is 10.8 Å². The smallest absolute Gasteiger partial charge is 0.326 e. The van der Waals surface area contributed by atoms with Crippen molar-refractivity contribution in [2.45, 2.75) is 33.0 Å². The Labute approximate surface area is 104 Å². The van der Waals surface area contributed by atoms with E-state index >= 15 is 0 Å². The predicted molar refractivity (Wildman–Crippen MR) is 62.3 cm³/mol. The van der Waals surface area contributed by atoms with E-state index in [1.54, 1.807) is 20.0 Å². The summed E-state index contributed by atoms with van der Waals surface area (Å²) < 4.78 is 1.32. The van der Waals surface area contributed by atoms with Crippen LogP contribution in [0.1, 0.15) is 19.5 Å². The third-order valence-electron chi connectivity index (χ3n) is 2.35. The number of aliphatic carboxylic acids is 1. The van der Waals surface area contributed by atoms with Gasteiger partial charge in [-0.05, 0) is 5.92 Å². The van der Waals surface area contributed by atoms with Crippen LogP contribution in [-0.4, -0.2) is 38.0 Å². The number of hydrogen-bond acceptors (Lipinski definition) is 5. The number of hydrogen-bond donors (Lipinski definition) is 3. The van der Waals surface area contributed by atoms with Crippen LogP contribution in [0.15, 0.2) is 6.20 Å². The first-order chi connectivity index (χ1) is 8.43. The number of aromatic nitrogens is 3. The molecule has 0 fully saturated rings. The normalized spacial score (nSPS) is 12.4. The summed E-state index contributed by atoms with van der Waals surface area (Å²) in [6.45, 7) is 3.61. The number of amides is 1. The van der Waals surface area contributed by atoms with Gasteiger partial charge in [-0.15, -0.1) is 5.10 Å². The first-order valence-electron chi connectivity index (χ1n) is 5.55. The molecule has 0 aliphatic carbocycles. The Morgan fingerprint density at radius 2 is 2.22 bits per heavy atom. The maximum Gasteiger partial charge on any atom is 0.326 e. The number of rotatable bonds is 6. The summed E-state index contributed by atoms with van der Waals surface area (Å²) in [5, 5.41) is 18.8. The van der Waals surface area contributed by atoms with Crippen molar-refractivity contribution in [3.63, 3.8) is 0 Å². The third-order valence-corrected chi connectivity index (χ3v) is 2.35. The minimum atomic E-state index is -1.06. The standard InChI is InChI=1S/C10H17N5O3/c1-6(2)9(10(17)18)12-8(16)5-15-4-7(3-11)13-14-15/h4,6,9H,3,5,11H2,1-2H3,(H,12,16)(H,17,18). The Hall–Kier alpha value is -1.96. The summed E-state index contributed by atoms with van der Waals surface area (Å²) >= 11 is 0. The molecule has 1 rings (SSSR count). The highest BCUT2D eigenvalue weighted by Gasteiger charge is 2.23. The van der Waals surface area contributed by atoms with Gasteiger partial charge in [0.05, 0.1) is 11.9 Å². The van der Waals surface area contributed by atoms with Crippen LogP contribution in [0.25, 0.3) is 0 Å². The maximum absolute atomic E-state index is 11.6. The van der Waals surface area contributed by atoms with E-state index < -0.39 is 17.9 Å². The fourth-order valence-electron chi connectivity index (χ4n) is 1.39. The Morgan fingerprint density at radius 3 is 2.67 bits per heavy atom. The molecule has 1 aromatic rings. The molecule has 0 aliphatic rings. The molecular formula is C10H17N5O3. The summed E-state index contributed by atoms with van der Waals surface area (Å²) in [5.41, 5.74) is 5.93. The molecule has 8 nitrogen and oxygen atoms in total. The fourth-order valence-corrected chi connectivity index (χ4v) is 1.39. The highest BCUT2D eigenvalue weighted by molar-refractivity contribution is 5.83. The first kappa shape index (κ1) is 14.1. The molecule has 0 saturated carbocycles. The van der Waals surface area contributed by atoms with Crippen molar-refractivity contribution in [3.8, 4) is 0 Å². The number of carboxylic acids is 1. The Bertz CT molecular complexity index is 429. The molecule has 1 amide bonds. The Balaban J connectivity index is 2.57. The fraction of sp³-hybridized carbons (Fsp3) is 0.600. The second-order valence-corrected chi connectivity index (χ2v) is 4.24. The second kappa shape index (κ2) is 6.10.